The van der Waals surface area contributed by atoms with Crippen molar-refractivity contribution < 1.29 is 26.4 Å². The third-order valence-corrected chi connectivity index (χ3v) is 7.60. The summed E-state index contributed by atoms with van der Waals surface area (Å²) in [5.41, 5.74) is 1.98. The second-order valence-corrected chi connectivity index (χ2v) is 9.73. The van der Waals surface area contributed by atoms with Crippen molar-refractivity contribution in [1.29, 1.82) is 0 Å². The number of benzene rings is 2. The first-order valence-corrected chi connectivity index (χ1v) is 12.3. The molecule has 1 N–H and O–H groups in total. The molecule has 7 nitrogen and oxygen atoms in total. The molecule has 2 aromatic carbocycles. The maximum absolute atomic E-state index is 13.9. The zero-order chi connectivity index (χ0) is 25.0. The topological polar surface area (TPSA) is 92.5 Å². The van der Waals surface area contributed by atoms with Crippen LogP contribution in [0.3, 0.4) is 0 Å². The minimum atomic E-state index is -3.68. The van der Waals surface area contributed by atoms with E-state index in [0.717, 1.165) is 23.3 Å². The number of nitrogens with zero attached hydrogens (tertiary/aromatic N) is 2. The molecule has 0 aliphatic heterocycles. The van der Waals surface area contributed by atoms with Gasteiger partial charge in [0.2, 0.25) is 15.9 Å². The standard InChI is InChI=1S/C24H27F2N3O4S/c1-5-29(6-2)34(31,32)18-11-15(3)16(4)21(13-18)28-23(30)9-10-24-27-14-22(33-24)19-8-7-17(25)12-20(19)26/h7-8,11-14H,5-6,9-10H2,1-4H3,(H,28,30). The monoisotopic (exact) mass is 491 g/mol. The number of carbonyl (C=O) groups excluding carboxylic acids is 1. The van der Waals surface area contributed by atoms with Crippen LogP contribution in [0.2, 0.25) is 0 Å². The fourth-order valence-corrected chi connectivity index (χ4v) is 5.06. The molecular formula is C24H27F2N3O4S. The van der Waals surface area contributed by atoms with Gasteiger partial charge in [-0.05, 0) is 49.2 Å². The lowest BCUT2D eigenvalue weighted by molar-refractivity contribution is -0.116. The van der Waals surface area contributed by atoms with Crippen molar-refractivity contribution >= 4 is 21.6 Å². The minimum absolute atomic E-state index is 0.0113. The lowest BCUT2D eigenvalue weighted by Gasteiger charge is -2.20. The number of carbonyl (C=O) groups is 1. The number of halogens is 2. The van der Waals surface area contributed by atoms with E-state index in [1.165, 1.54) is 22.6 Å². The maximum Gasteiger partial charge on any atom is 0.243 e. The summed E-state index contributed by atoms with van der Waals surface area (Å²) in [7, 11) is -3.68. The van der Waals surface area contributed by atoms with Crippen LogP contribution in [0.25, 0.3) is 11.3 Å². The van der Waals surface area contributed by atoms with E-state index >= 15 is 0 Å². The highest BCUT2D eigenvalue weighted by molar-refractivity contribution is 7.89. The van der Waals surface area contributed by atoms with Crippen molar-refractivity contribution in [3.63, 3.8) is 0 Å². The Balaban J connectivity index is 1.72. The Labute approximate surface area is 197 Å². The first kappa shape index (κ1) is 25.5. The van der Waals surface area contributed by atoms with Crippen molar-refractivity contribution in [2.45, 2.75) is 45.4 Å². The van der Waals surface area contributed by atoms with E-state index in [1.807, 2.05) is 0 Å². The predicted molar refractivity (Wildman–Crippen MR) is 125 cm³/mol. The van der Waals surface area contributed by atoms with Crippen LogP contribution in [0.1, 0.15) is 37.3 Å². The van der Waals surface area contributed by atoms with Gasteiger partial charge < -0.3 is 9.73 Å². The molecule has 0 fully saturated rings. The highest BCUT2D eigenvalue weighted by atomic mass is 32.2. The van der Waals surface area contributed by atoms with Crippen LogP contribution in [-0.4, -0.2) is 36.7 Å². The fraction of sp³-hybridized carbons (Fsp3) is 0.333. The van der Waals surface area contributed by atoms with E-state index in [2.05, 4.69) is 10.3 Å². The van der Waals surface area contributed by atoms with Gasteiger partial charge in [-0.1, -0.05) is 13.8 Å². The number of hydrogen-bond acceptors (Lipinski definition) is 5. The molecule has 1 heterocycles. The number of anilines is 1. The quantitative estimate of drug-likeness (QED) is 0.463. The lowest BCUT2D eigenvalue weighted by atomic mass is 10.1. The average molecular weight is 492 g/mol. The Morgan fingerprint density at radius 3 is 2.47 bits per heavy atom. The molecule has 3 rings (SSSR count). The molecule has 0 radical (unpaired) electrons. The average Bonchev–Trinajstić information content (AvgIpc) is 3.24. The van der Waals surface area contributed by atoms with E-state index in [1.54, 1.807) is 33.8 Å². The summed E-state index contributed by atoms with van der Waals surface area (Å²) in [6.07, 6.45) is 1.47. The minimum Gasteiger partial charge on any atom is -0.441 e. The highest BCUT2D eigenvalue weighted by Gasteiger charge is 2.23. The van der Waals surface area contributed by atoms with Gasteiger partial charge in [0.25, 0.3) is 0 Å². The Bertz CT molecular complexity index is 1300. The SMILES string of the molecule is CCN(CC)S(=O)(=O)c1cc(C)c(C)c(NC(=O)CCc2ncc(-c3ccc(F)cc3F)o2)c1. The van der Waals surface area contributed by atoms with Gasteiger partial charge in [0, 0.05) is 37.7 Å². The van der Waals surface area contributed by atoms with Crippen molar-refractivity contribution in [3.8, 4) is 11.3 Å². The third-order valence-electron chi connectivity index (χ3n) is 5.57. The van der Waals surface area contributed by atoms with Crippen LogP contribution in [0.15, 0.2) is 45.8 Å². The maximum atomic E-state index is 13.9. The number of amides is 1. The molecule has 0 aliphatic rings. The zero-order valence-corrected chi connectivity index (χ0v) is 20.3. The molecule has 0 bridgehead atoms. The van der Waals surface area contributed by atoms with Gasteiger partial charge in [-0.15, -0.1) is 0 Å². The van der Waals surface area contributed by atoms with Gasteiger partial charge in [-0.25, -0.2) is 22.2 Å². The van der Waals surface area contributed by atoms with Crippen LogP contribution in [0, 0.1) is 25.5 Å². The largest absolute Gasteiger partial charge is 0.441 e. The summed E-state index contributed by atoms with van der Waals surface area (Å²) >= 11 is 0. The Morgan fingerprint density at radius 1 is 1.12 bits per heavy atom. The normalized spacial score (nSPS) is 11.7. The Hall–Kier alpha value is -3.11. The predicted octanol–water partition coefficient (Wildman–Crippen LogP) is 4.84. The van der Waals surface area contributed by atoms with Crippen molar-refractivity contribution in [2.75, 3.05) is 18.4 Å². The number of rotatable bonds is 9. The summed E-state index contributed by atoms with van der Waals surface area (Å²) in [5, 5.41) is 2.77. The van der Waals surface area contributed by atoms with E-state index in [9.17, 15) is 22.0 Å². The molecule has 34 heavy (non-hydrogen) atoms. The summed E-state index contributed by atoms with van der Waals surface area (Å²) in [6, 6.07) is 6.19. The molecule has 0 aliphatic carbocycles. The number of aromatic nitrogens is 1. The van der Waals surface area contributed by atoms with Crippen molar-refractivity contribution in [2.24, 2.45) is 0 Å². The van der Waals surface area contributed by atoms with Gasteiger partial charge >= 0.3 is 0 Å². The Morgan fingerprint density at radius 2 is 1.82 bits per heavy atom. The highest BCUT2D eigenvalue weighted by Crippen LogP contribution is 2.27. The number of hydrogen-bond donors (Lipinski definition) is 1. The van der Waals surface area contributed by atoms with Crippen molar-refractivity contribution in [3.05, 3.63) is 65.2 Å². The number of nitrogens with one attached hydrogen (secondary N) is 1. The van der Waals surface area contributed by atoms with Crippen LogP contribution >= 0.6 is 0 Å². The van der Waals surface area contributed by atoms with E-state index in [4.69, 9.17) is 4.42 Å². The first-order valence-electron chi connectivity index (χ1n) is 10.9. The van der Waals surface area contributed by atoms with Gasteiger partial charge in [-0.2, -0.15) is 4.31 Å². The van der Waals surface area contributed by atoms with Gasteiger partial charge in [0.15, 0.2) is 11.7 Å². The first-order chi connectivity index (χ1) is 16.1. The molecular weight excluding hydrogens is 464 g/mol. The lowest BCUT2D eigenvalue weighted by Crippen LogP contribution is -2.30. The molecule has 1 aromatic heterocycles. The molecule has 0 unspecified atom stereocenters. The molecule has 182 valence electrons. The summed E-state index contributed by atoms with van der Waals surface area (Å²) in [5.74, 6) is -1.47. The molecule has 0 atom stereocenters. The number of aryl methyl sites for hydroxylation is 2. The van der Waals surface area contributed by atoms with Crippen LogP contribution in [0.4, 0.5) is 14.5 Å². The van der Waals surface area contributed by atoms with Crippen LogP contribution < -0.4 is 5.32 Å². The smallest absolute Gasteiger partial charge is 0.243 e. The molecule has 0 saturated heterocycles. The molecule has 0 saturated carbocycles. The zero-order valence-electron chi connectivity index (χ0n) is 19.5. The van der Waals surface area contributed by atoms with E-state index in [-0.39, 0.29) is 40.9 Å². The number of oxazole rings is 1. The Kier molecular flexibility index (Phi) is 7.83. The van der Waals surface area contributed by atoms with E-state index in [0.29, 0.717) is 18.8 Å². The molecule has 10 heteroatoms. The van der Waals surface area contributed by atoms with Gasteiger partial charge in [0.05, 0.1) is 16.7 Å². The van der Waals surface area contributed by atoms with Crippen LogP contribution in [0.5, 0.6) is 0 Å². The van der Waals surface area contributed by atoms with E-state index < -0.39 is 21.7 Å². The summed E-state index contributed by atoms with van der Waals surface area (Å²) in [6.45, 7) is 7.80. The summed E-state index contributed by atoms with van der Waals surface area (Å²) < 4.78 is 59.7. The summed E-state index contributed by atoms with van der Waals surface area (Å²) in [4.78, 5) is 16.8. The molecule has 0 spiro atoms. The van der Waals surface area contributed by atoms with Crippen molar-refractivity contribution in [1.82, 2.24) is 9.29 Å². The molecule has 3 aromatic rings. The molecule has 1 amide bonds. The van der Waals surface area contributed by atoms with Gasteiger partial charge in [-0.3, -0.25) is 4.79 Å². The van der Waals surface area contributed by atoms with Gasteiger partial charge in [0.1, 0.15) is 11.6 Å². The second-order valence-electron chi connectivity index (χ2n) is 7.79. The second kappa shape index (κ2) is 10.4. The third kappa shape index (κ3) is 5.51. The van der Waals surface area contributed by atoms with Crippen LogP contribution in [-0.2, 0) is 21.2 Å². The fourth-order valence-electron chi connectivity index (χ4n) is 3.49. The number of sulfonamides is 1.